The Morgan fingerprint density at radius 2 is 2.14 bits per heavy atom. The maximum Gasteiger partial charge on any atom is 0.334 e. The van der Waals surface area contributed by atoms with E-state index in [1.165, 1.54) is 7.11 Å². The first kappa shape index (κ1) is 21.9. The molecule has 1 aliphatic carbocycles. The molecule has 0 spiro atoms. The number of hydrogen-bond acceptors (Lipinski definition) is 7. The zero-order valence-electron chi connectivity index (χ0n) is 16.6. The summed E-state index contributed by atoms with van der Waals surface area (Å²) in [5.41, 5.74) is 0.992. The Morgan fingerprint density at radius 1 is 1.43 bits per heavy atom. The summed E-state index contributed by atoms with van der Waals surface area (Å²) in [6, 6.07) is 0. The van der Waals surface area contributed by atoms with Crippen molar-refractivity contribution in [1.29, 1.82) is 0 Å². The first-order valence-electron chi connectivity index (χ1n) is 9.44. The Morgan fingerprint density at radius 3 is 2.75 bits per heavy atom. The van der Waals surface area contributed by atoms with Gasteiger partial charge < -0.3 is 19.3 Å². The van der Waals surface area contributed by atoms with E-state index in [0.717, 1.165) is 0 Å². The Labute approximate surface area is 165 Å². The number of carbonyl (C=O) groups excluding carboxylic acids is 3. The molecule has 0 saturated carbocycles. The highest BCUT2D eigenvalue weighted by Crippen LogP contribution is 2.38. The number of hydrogen-bond donors (Lipinski definition) is 1. The second kappa shape index (κ2) is 9.68. The second-order valence-electron chi connectivity index (χ2n) is 7.20. The number of ether oxygens (including phenoxy) is 3. The third-order valence-corrected chi connectivity index (χ3v) is 5.40. The highest BCUT2D eigenvalue weighted by molar-refractivity contribution is 5.92. The maximum absolute atomic E-state index is 12.4. The van der Waals surface area contributed by atoms with Gasteiger partial charge in [-0.15, -0.1) is 0 Å². The van der Waals surface area contributed by atoms with Crippen LogP contribution in [0.1, 0.15) is 39.5 Å². The van der Waals surface area contributed by atoms with Crippen LogP contribution in [0.5, 0.6) is 0 Å². The van der Waals surface area contributed by atoms with Crippen molar-refractivity contribution in [1.82, 2.24) is 0 Å². The van der Waals surface area contributed by atoms with Gasteiger partial charge in [-0.2, -0.15) is 0 Å². The van der Waals surface area contributed by atoms with Gasteiger partial charge in [0.15, 0.2) is 0 Å². The Balaban J connectivity index is 2.45. The van der Waals surface area contributed by atoms with Gasteiger partial charge in [-0.3, -0.25) is 0 Å². The van der Waals surface area contributed by atoms with Gasteiger partial charge in [0.2, 0.25) is 0 Å². The summed E-state index contributed by atoms with van der Waals surface area (Å²) < 4.78 is 16.0. The molecule has 2 aliphatic rings. The van der Waals surface area contributed by atoms with Crippen molar-refractivity contribution in [3.8, 4) is 0 Å². The van der Waals surface area contributed by atoms with E-state index < -0.39 is 36.0 Å². The van der Waals surface area contributed by atoms with Gasteiger partial charge in [0.1, 0.15) is 12.2 Å². The van der Waals surface area contributed by atoms with E-state index in [0.29, 0.717) is 30.4 Å². The molecule has 0 amide bonds. The number of esters is 3. The van der Waals surface area contributed by atoms with Crippen LogP contribution in [0.25, 0.3) is 0 Å². The van der Waals surface area contributed by atoms with Gasteiger partial charge in [-0.1, -0.05) is 18.7 Å². The summed E-state index contributed by atoms with van der Waals surface area (Å²) in [5, 5.41) is 9.69. The topological polar surface area (TPSA) is 99.1 Å². The molecule has 0 aromatic carbocycles. The molecule has 0 aromatic heterocycles. The third-order valence-electron chi connectivity index (χ3n) is 5.40. The Hall–Kier alpha value is -2.41. The zero-order chi connectivity index (χ0) is 20.8. The molecule has 1 aliphatic heterocycles. The molecule has 1 fully saturated rings. The van der Waals surface area contributed by atoms with E-state index in [1.807, 2.05) is 0 Å². The normalized spacial score (nSPS) is 28.7. The lowest BCUT2D eigenvalue weighted by molar-refractivity contribution is -0.149. The van der Waals surface area contributed by atoms with Crippen LogP contribution in [0.4, 0.5) is 0 Å². The summed E-state index contributed by atoms with van der Waals surface area (Å²) in [6.07, 6.45) is 3.71. The molecule has 4 atom stereocenters. The molecule has 28 heavy (non-hydrogen) atoms. The largest absolute Gasteiger partial charge is 0.466 e. The van der Waals surface area contributed by atoms with Gasteiger partial charge >= 0.3 is 17.9 Å². The first-order chi connectivity index (χ1) is 13.3. The molecule has 4 unspecified atom stereocenters. The Kier molecular flexibility index (Phi) is 7.57. The van der Waals surface area contributed by atoms with Gasteiger partial charge in [-0.25, -0.2) is 14.4 Å². The van der Waals surface area contributed by atoms with Crippen molar-refractivity contribution in [2.75, 3.05) is 13.7 Å². The van der Waals surface area contributed by atoms with Crippen LogP contribution in [-0.2, 0) is 28.6 Å². The molecule has 1 saturated heterocycles. The summed E-state index contributed by atoms with van der Waals surface area (Å²) in [6.45, 7) is 7.11. The quantitative estimate of drug-likeness (QED) is 0.445. The smallest absolute Gasteiger partial charge is 0.334 e. The van der Waals surface area contributed by atoms with E-state index in [-0.39, 0.29) is 24.5 Å². The lowest BCUT2D eigenvalue weighted by Crippen LogP contribution is -2.36. The summed E-state index contributed by atoms with van der Waals surface area (Å²) in [4.78, 5) is 36.8. The third kappa shape index (κ3) is 4.90. The summed E-state index contributed by atoms with van der Waals surface area (Å²) in [5.74, 6) is -2.30. The monoisotopic (exact) mass is 392 g/mol. The Bertz CT molecular complexity index is 704. The average molecular weight is 392 g/mol. The van der Waals surface area contributed by atoms with Crippen LogP contribution >= 0.6 is 0 Å². The SMILES string of the molecule is C=C1C(=O)OC2CC(CO)CCC=C(C(=O)OC)CC(OC(=O)C(C)=CC)C12. The molecular weight excluding hydrogens is 364 g/mol. The highest BCUT2D eigenvalue weighted by Gasteiger charge is 2.46. The van der Waals surface area contributed by atoms with Crippen molar-refractivity contribution in [2.45, 2.75) is 51.7 Å². The summed E-state index contributed by atoms with van der Waals surface area (Å²) >= 11 is 0. The number of allylic oxidation sites excluding steroid dienone is 2. The van der Waals surface area contributed by atoms with Crippen molar-refractivity contribution in [3.63, 3.8) is 0 Å². The van der Waals surface area contributed by atoms with Crippen LogP contribution in [-0.4, -0.2) is 48.9 Å². The van der Waals surface area contributed by atoms with Crippen LogP contribution < -0.4 is 0 Å². The predicted octanol–water partition coefficient (Wildman–Crippen LogP) is 2.24. The van der Waals surface area contributed by atoms with E-state index >= 15 is 0 Å². The van der Waals surface area contributed by atoms with Crippen LogP contribution in [0.2, 0.25) is 0 Å². The molecule has 7 nitrogen and oxygen atoms in total. The van der Waals surface area contributed by atoms with E-state index in [1.54, 1.807) is 26.0 Å². The predicted molar refractivity (Wildman–Crippen MR) is 101 cm³/mol. The molecule has 2 rings (SSSR count). The van der Waals surface area contributed by atoms with Crippen molar-refractivity contribution in [3.05, 3.63) is 35.5 Å². The average Bonchev–Trinajstić information content (AvgIpc) is 2.97. The first-order valence-corrected chi connectivity index (χ1v) is 9.44. The van der Waals surface area contributed by atoms with Crippen LogP contribution in [0.3, 0.4) is 0 Å². The molecule has 154 valence electrons. The lowest BCUT2D eigenvalue weighted by atomic mass is 9.81. The summed E-state index contributed by atoms with van der Waals surface area (Å²) in [7, 11) is 1.29. The minimum atomic E-state index is -0.811. The minimum absolute atomic E-state index is 0.0726. The molecule has 7 heteroatoms. The van der Waals surface area contributed by atoms with Crippen LogP contribution in [0.15, 0.2) is 35.5 Å². The van der Waals surface area contributed by atoms with Gasteiger partial charge in [0.25, 0.3) is 0 Å². The second-order valence-corrected chi connectivity index (χ2v) is 7.20. The lowest BCUT2D eigenvalue weighted by Gasteiger charge is -2.30. The standard InChI is InChI=1S/C21H28O7/c1-5-12(2)19(23)27-17-10-15(21(25)26-4)8-6-7-14(11-22)9-16-18(17)13(3)20(24)28-16/h5,8,14,16-18,22H,3,6-7,9-11H2,1-2,4H3. The molecule has 0 bridgehead atoms. The van der Waals surface area contributed by atoms with Crippen LogP contribution in [0, 0.1) is 11.8 Å². The van der Waals surface area contributed by atoms with E-state index in [4.69, 9.17) is 14.2 Å². The number of carbonyl (C=O) groups is 3. The van der Waals surface area contributed by atoms with Crippen molar-refractivity contribution < 1.29 is 33.7 Å². The fourth-order valence-electron chi connectivity index (χ4n) is 3.60. The minimum Gasteiger partial charge on any atom is -0.466 e. The molecule has 0 radical (unpaired) electrons. The molecule has 1 N–H and O–H groups in total. The van der Waals surface area contributed by atoms with Crippen molar-refractivity contribution >= 4 is 17.9 Å². The number of aliphatic hydroxyl groups excluding tert-OH is 1. The number of methoxy groups -OCH3 is 1. The fraction of sp³-hybridized carbons (Fsp3) is 0.571. The molecule has 1 heterocycles. The van der Waals surface area contributed by atoms with E-state index in [9.17, 15) is 19.5 Å². The van der Waals surface area contributed by atoms with E-state index in [2.05, 4.69) is 6.58 Å². The zero-order valence-corrected chi connectivity index (χ0v) is 16.6. The number of fused-ring (bicyclic) bond motifs is 1. The fourth-order valence-corrected chi connectivity index (χ4v) is 3.60. The van der Waals surface area contributed by atoms with Gasteiger partial charge in [0, 0.05) is 29.7 Å². The molecular formula is C21H28O7. The molecule has 0 aromatic rings. The number of aliphatic hydroxyl groups is 1. The van der Waals surface area contributed by atoms with Gasteiger partial charge in [-0.05, 0) is 39.0 Å². The van der Waals surface area contributed by atoms with Crippen molar-refractivity contribution in [2.24, 2.45) is 11.8 Å². The maximum atomic E-state index is 12.4. The number of rotatable bonds is 4. The van der Waals surface area contributed by atoms with Gasteiger partial charge in [0.05, 0.1) is 13.0 Å². The highest BCUT2D eigenvalue weighted by atomic mass is 16.6.